The lowest BCUT2D eigenvalue weighted by atomic mass is 9.47. The van der Waals surface area contributed by atoms with Crippen LogP contribution in [0.15, 0.2) is 23.8 Å². The molecule has 0 radical (unpaired) electrons. The molecule has 182 valence electrons. The largest absolute Gasteiger partial charge is 0.463 e. The normalized spacial score (nSPS) is 42.8. The van der Waals surface area contributed by atoms with Crippen LogP contribution in [0.1, 0.15) is 65.2 Å². The second kappa shape index (κ2) is 7.91. The molecule has 3 saturated carbocycles. The van der Waals surface area contributed by atoms with Gasteiger partial charge in [-0.3, -0.25) is 0 Å². The van der Waals surface area contributed by atoms with E-state index in [9.17, 15) is 4.79 Å². The summed E-state index contributed by atoms with van der Waals surface area (Å²) in [5.41, 5.74) is 1.35. The highest BCUT2D eigenvalue weighted by Gasteiger charge is 2.67. The van der Waals surface area contributed by atoms with Crippen molar-refractivity contribution in [3.05, 3.63) is 23.8 Å². The Balaban J connectivity index is 1.35. The zero-order valence-electron chi connectivity index (χ0n) is 20.1. The van der Waals surface area contributed by atoms with Gasteiger partial charge in [0.15, 0.2) is 11.6 Å². The summed E-state index contributed by atoms with van der Waals surface area (Å²) in [6.07, 6.45) is 14.5. The van der Waals surface area contributed by atoms with Crippen LogP contribution in [0.25, 0.3) is 0 Å². The number of allylic oxidation sites excluding steroid dienone is 2. The van der Waals surface area contributed by atoms with Crippen molar-refractivity contribution in [1.29, 1.82) is 0 Å². The van der Waals surface area contributed by atoms with Gasteiger partial charge in [-0.05, 0) is 56.8 Å². The Hall–Kier alpha value is -1.21. The average molecular weight is 459 g/mol. The van der Waals surface area contributed by atoms with Crippen molar-refractivity contribution in [2.24, 2.45) is 28.6 Å². The maximum absolute atomic E-state index is 12.4. The topological polar surface area (TPSA) is 63.2 Å². The van der Waals surface area contributed by atoms with Crippen LogP contribution in [-0.4, -0.2) is 50.6 Å². The molecule has 2 saturated heterocycles. The number of carbonyl (C=O) groups excluding carboxylic acids is 1. The van der Waals surface area contributed by atoms with Gasteiger partial charge in [-0.15, -0.1) is 0 Å². The van der Waals surface area contributed by atoms with Gasteiger partial charge in [-0.25, -0.2) is 4.79 Å². The van der Waals surface area contributed by atoms with E-state index in [1.54, 1.807) is 6.08 Å². The van der Waals surface area contributed by atoms with E-state index < -0.39 is 5.79 Å². The summed E-state index contributed by atoms with van der Waals surface area (Å²) in [6.45, 7) is 7.46. The van der Waals surface area contributed by atoms with E-state index in [1.807, 2.05) is 6.92 Å². The molecule has 0 N–H and O–H groups in total. The summed E-state index contributed by atoms with van der Waals surface area (Å²) in [6, 6.07) is 0. The van der Waals surface area contributed by atoms with Crippen LogP contribution < -0.4 is 0 Å². The van der Waals surface area contributed by atoms with Crippen LogP contribution in [0, 0.1) is 28.6 Å². The van der Waals surface area contributed by atoms with Crippen molar-refractivity contribution in [3.63, 3.8) is 0 Å². The molecule has 0 amide bonds. The summed E-state index contributed by atoms with van der Waals surface area (Å²) in [7, 11) is 0. The van der Waals surface area contributed by atoms with Gasteiger partial charge >= 0.3 is 5.97 Å². The van der Waals surface area contributed by atoms with Gasteiger partial charge in [-0.2, -0.15) is 0 Å². The van der Waals surface area contributed by atoms with E-state index in [2.05, 4.69) is 19.1 Å². The lowest BCUT2D eigenvalue weighted by molar-refractivity contribution is -0.243. The molecular formula is C27H38O6. The molecule has 33 heavy (non-hydrogen) atoms. The lowest BCUT2D eigenvalue weighted by Gasteiger charge is -2.59. The third-order valence-electron chi connectivity index (χ3n) is 10.1. The molecule has 2 spiro atoms. The summed E-state index contributed by atoms with van der Waals surface area (Å²) in [4.78, 5) is 12.4. The van der Waals surface area contributed by atoms with Gasteiger partial charge < -0.3 is 23.7 Å². The van der Waals surface area contributed by atoms with Gasteiger partial charge in [0.2, 0.25) is 0 Å². The maximum Gasteiger partial charge on any atom is 0.330 e. The number of hydrogen-bond acceptors (Lipinski definition) is 6. The molecule has 5 fully saturated rings. The van der Waals surface area contributed by atoms with Crippen molar-refractivity contribution >= 4 is 5.97 Å². The summed E-state index contributed by atoms with van der Waals surface area (Å²) >= 11 is 0. The molecule has 2 heterocycles. The van der Waals surface area contributed by atoms with Crippen molar-refractivity contribution in [3.8, 4) is 0 Å². The first-order valence-corrected chi connectivity index (χ1v) is 13.1. The Kier molecular flexibility index (Phi) is 5.33. The van der Waals surface area contributed by atoms with Crippen LogP contribution in [0.5, 0.6) is 0 Å². The molecule has 6 heteroatoms. The maximum atomic E-state index is 12.4. The summed E-state index contributed by atoms with van der Waals surface area (Å²) in [5, 5.41) is 0. The third kappa shape index (κ3) is 3.17. The number of ether oxygens (including phenoxy) is 5. The molecule has 0 aromatic rings. The minimum Gasteiger partial charge on any atom is -0.463 e. The van der Waals surface area contributed by atoms with E-state index in [1.165, 1.54) is 5.57 Å². The van der Waals surface area contributed by atoms with Gasteiger partial charge in [0.25, 0.3) is 0 Å². The molecular weight excluding hydrogens is 420 g/mol. The van der Waals surface area contributed by atoms with Crippen molar-refractivity contribution in [1.82, 2.24) is 0 Å². The number of esters is 1. The Morgan fingerprint density at radius 1 is 1.03 bits per heavy atom. The highest BCUT2D eigenvalue weighted by atomic mass is 16.7. The first-order chi connectivity index (χ1) is 16.0. The molecule has 0 aromatic carbocycles. The fraction of sp³-hybridized carbons (Fsp3) is 0.815. The summed E-state index contributed by atoms with van der Waals surface area (Å²) in [5.74, 6) is 0.571. The van der Waals surface area contributed by atoms with Crippen LogP contribution in [0.2, 0.25) is 0 Å². The van der Waals surface area contributed by atoms with E-state index in [4.69, 9.17) is 23.7 Å². The Bertz CT molecular complexity index is 851. The summed E-state index contributed by atoms with van der Waals surface area (Å²) < 4.78 is 30.1. The average Bonchev–Trinajstić information content (AvgIpc) is 3.54. The molecule has 0 unspecified atom stereocenters. The van der Waals surface area contributed by atoms with Crippen molar-refractivity contribution in [2.45, 2.75) is 76.8 Å². The quantitative estimate of drug-likeness (QED) is 0.352. The van der Waals surface area contributed by atoms with Gasteiger partial charge in [0.1, 0.15) is 0 Å². The standard InChI is InChI=1S/C27H38O6/c1-3-29-23(28)8-10-25-12-13-26(30-14-15-31-26)18-19(25)4-5-20-21-7-11-27(32-16-17-33-27)24(21,2)9-6-22(20)25/h4,8,10,20-22H,3,5-7,9,11-18H2,1-2H3/t20-,21-,22-,24-,25-/m0/s1. The van der Waals surface area contributed by atoms with Gasteiger partial charge in [-0.1, -0.05) is 24.6 Å². The fourth-order valence-corrected chi connectivity index (χ4v) is 8.67. The fourth-order valence-electron chi connectivity index (χ4n) is 8.67. The Morgan fingerprint density at radius 2 is 1.76 bits per heavy atom. The lowest BCUT2D eigenvalue weighted by Crippen LogP contribution is -2.56. The highest BCUT2D eigenvalue weighted by Crippen LogP contribution is 2.69. The Morgan fingerprint density at radius 3 is 2.52 bits per heavy atom. The number of rotatable bonds is 3. The zero-order valence-corrected chi connectivity index (χ0v) is 20.1. The van der Waals surface area contributed by atoms with Crippen LogP contribution in [-0.2, 0) is 28.5 Å². The van der Waals surface area contributed by atoms with Crippen LogP contribution in [0.4, 0.5) is 0 Å². The second-order valence-corrected chi connectivity index (χ2v) is 11.2. The first-order valence-electron chi connectivity index (χ1n) is 13.1. The molecule has 4 aliphatic carbocycles. The van der Waals surface area contributed by atoms with Crippen LogP contribution in [0.3, 0.4) is 0 Å². The molecule has 5 atom stereocenters. The second-order valence-electron chi connectivity index (χ2n) is 11.2. The molecule has 6 nitrogen and oxygen atoms in total. The third-order valence-corrected chi connectivity index (χ3v) is 10.1. The molecule has 0 bridgehead atoms. The van der Waals surface area contributed by atoms with E-state index >= 15 is 0 Å². The molecule has 0 aromatic heterocycles. The zero-order chi connectivity index (χ0) is 22.7. The first kappa shape index (κ1) is 22.3. The van der Waals surface area contributed by atoms with Crippen molar-refractivity contribution < 1.29 is 28.5 Å². The number of carbonyl (C=O) groups is 1. The van der Waals surface area contributed by atoms with E-state index in [0.717, 1.165) is 64.6 Å². The van der Waals surface area contributed by atoms with Crippen molar-refractivity contribution in [2.75, 3.05) is 33.0 Å². The predicted octanol–water partition coefficient (Wildman–Crippen LogP) is 4.53. The Labute approximate surface area is 197 Å². The monoisotopic (exact) mass is 458 g/mol. The molecule has 6 rings (SSSR count). The predicted molar refractivity (Wildman–Crippen MR) is 121 cm³/mol. The smallest absolute Gasteiger partial charge is 0.330 e. The number of hydrogen-bond donors (Lipinski definition) is 0. The molecule has 2 aliphatic heterocycles. The minimum absolute atomic E-state index is 0.0651. The van der Waals surface area contributed by atoms with Crippen LogP contribution >= 0.6 is 0 Å². The number of fused-ring (bicyclic) bond motifs is 6. The SMILES string of the molecule is CCOC(=O)C=C[C@]12CCC3(CC1=CC[C@@H]1[C@@H]2CC[C@@]2(C)[C@H]1CCC21OCCO1)OCCO3. The van der Waals surface area contributed by atoms with E-state index in [0.29, 0.717) is 37.6 Å². The van der Waals surface area contributed by atoms with E-state index in [-0.39, 0.29) is 22.6 Å². The minimum atomic E-state index is -0.466. The van der Waals surface area contributed by atoms with Gasteiger partial charge in [0.05, 0.1) is 33.0 Å². The molecule has 6 aliphatic rings. The van der Waals surface area contributed by atoms with Gasteiger partial charge in [0, 0.05) is 36.2 Å². The highest BCUT2D eigenvalue weighted by molar-refractivity contribution is 5.82.